The van der Waals surface area contributed by atoms with Crippen molar-refractivity contribution in [3.63, 3.8) is 0 Å². The van der Waals surface area contributed by atoms with Crippen LogP contribution in [0.4, 0.5) is 0 Å². The van der Waals surface area contributed by atoms with Crippen LogP contribution in [0, 0.1) is 0 Å². The quantitative estimate of drug-likeness (QED) is 0.221. The van der Waals surface area contributed by atoms with Crippen molar-refractivity contribution >= 4 is 5.97 Å². The van der Waals surface area contributed by atoms with Crippen LogP contribution in [0.5, 0.6) is 0 Å². The minimum atomic E-state index is -0.696. The van der Waals surface area contributed by atoms with Crippen LogP contribution in [0.25, 0.3) is 0 Å². The molecule has 0 rings (SSSR count). The van der Waals surface area contributed by atoms with Crippen molar-refractivity contribution in [2.75, 3.05) is 39.3 Å². The Morgan fingerprint density at radius 3 is 1.39 bits per heavy atom. The highest BCUT2D eigenvalue weighted by Crippen LogP contribution is 2.09. The molecule has 0 aromatic carbocycles. The maximum Gasteiger partial charge on any atom is 0.317 e. The second-order valence-electron chi connectivity index (χ2n) is 8.35. The first-order valence-corrected chi connectivity index (χ1v) is 12.3. The Bertz CT molecular complexity index is 337. The molecule has 0 amide bonds. The molecule has 28 heavy (non-hydrogen) atoms. The van der Waals surface area contributed by atoms with E-state index in [1.807, 2.05) is 0 Å². The average Bonchev–Trinajstić information content (AvgIpc) is 2.68. The monoisotopic (exact) mass is 398 g/mol. The average molecular weight is 399 g/mol. The van der Waals surface area contributed by atoms with Gasteiger partial charge < -0.3 is 10.0 Å². The van der Waals surface area contributed by atoms with E-state index in [0.29, 0.717) is 0 Å². The fourth-order valence-electron chi connectivity index (χ4n) is 3.76. The Labute approximate surface area is 176 Å². The molecule has 0 unspecified atom stereocenters. The van der Waals surface area contributed by atoms with Gasteiger partial charge in [0.15, 0.2) is 0 Å². The van der Waals surface area contributed by atoms with E-state index in [9.17, 15) is 9.90 Å². The van der Waals surface area contributed by atoms with E-state index >= 15 is 0 Å². The van der Waals surface area contributed by atoms with E-state index in [0.717, 1.165) is 39.1 Å². The molecule has 0 atom stereocenters. The van der Waals surface area contributed by atoms with Gasteiger partial charge in [0.1, 0.15) is 0 Å². The molecule has 0 fully saturated rings. The standard InChI is InChI=1S/C24H50N2O2/c1-4-7-9-11-13-15-17-19-25(6-3)21-22-26(23-24(27)28)20-18-16-14-12-10-8-5-2/h4-23H2,1-3H3,(H,27,28). The molecule has 0 aliphatic carbocycles. The van der Waals surface area contributed by atoms with E-state index < -0.39 is 5.97 Å². The van der Waals surface area contributed by atoms with E-state index in [2.05, 4.69) is 30.6 Å². The molecule has 0 spiro atoms. The summed E-state index contributed by atoms with van der Waals surface area (Å²) in [4.78, 5) is 15.8. The summed E-state index contributed by atoms with van der Waals surface area (Å²) in [6.45, 7) is 11.9. The van der Waals surface area contributed by atoms with Crippen molar-refractivity contribution in [1.29, 1.82) is 0 Å². The van der Waals surface area contributed by atoms with Crippen LogP contribution in [0.2, 0.25) is 0 Å². The molecule has 0 bridgehead atoms. The number of hydrogen-bond donors (Lipinski definition) is 1. The summed E-state index contributed by atoms with van der Waals surface area (Å²) in [5.41, 5.74) is 0. The normalized spacial score (nSPS) is 11.6. The maximum atomic E-state index is 11.2. The van der Waals surface area contributed by atoms with Crippen LogP contribution in [-0.4, -0.2) is 60.1 Å². The molecule has 0 aliphatic heterocycles. The molecule has 1 N–H and O–H groups in total. The molecule has 0 saturated carbocycles. The third-order valence-electron chi connectivity index (χ3n) is 5.69. The minimum Gasteiger partial charge on any atom is -0.480 e. The Morgan fingerprint density at radius 1 is 0.571 bits per heavy atom. The topological polar surface area (TPSA) is 43.8 Å². The van der Waals surface area contributed by atoms with Crippen molar-refractivity contribution < 1.29 is 9.90 Å². The Balaban J connectivity index is 3.93. The summed E-state index contributed by atoms with van der Waals surface area (Å²) < 4.78 is 0. The number of carbonyl (C=O) groups is 1. The van der Waals surface area contributed by atoms with Crippen LogP contribution in [0.15, 0.2) is 0 Å². The van der Waals surface area contributed by atoms with Crippen molar-refractivity contribution in [2.24, 2.45) is 0 Å². The van der Waals surface area contributed by atoms with Gasteiger partial charge in [0.05, 0.1) is 6.54 Å². The van der Waals surface area contributed by atoms with Gasteiger partial charge in [0.2, 0.25) is 0 Å². The number of rotatable bonds is 22. The Hall–Kier alpha value is -0.610. The summed E-state index contributed by atoms with van der Waals surface area (Å²) in [5.74, 6) is -0.696. The van der Waals surface area contributed by atoms with Gasteiger partial charge in [-0.1, -0.05) is 97.8 Å². The van der Waals surface area contributed by atoms with Crippen LogP contribution in [-0.2, 0) is 4.79 Å². The number of aliphatic carboxylic acids is 1. The summed E-state index contributed by atoms with van der Waals surface area (Å²) in [6, 6.07) is 0. The minimum absolute atomic E-state index is 0.185. The number of carboxylic acid groups (broad SMARTS) is 1. The van der Waals surface area contributed by atoms with E-state index in [1.165, 1.54) is 83.5 Å². The number of likely N-dealkylation sites (N-methyl/N-ethyl adjacent to an activating group) is 1. The maximum absolute atomic E-state index is 11.2. The molecule has 4 nitrogen and oxygen atoms in total. The molecular weight excluding hydrogens is 348 g/mol. The first kappa shape index (κ1) is 27.4. The molecule has 168 valence electrons. The van der Waals surface area contributed by atoms with Gasteiger partial charge in [-0.15, -0.1) is 0 Å². The first-order chi connectivity index (χ1) is 13.6. The van der Waals surface area contributed by atoms with Gasteiger partial charge in [0, 0.05) is 13.1 Å². The third-order valence-corrected chi connectivity index (χ3v) is 5.69. The van der Waals surface area contributed by atoms with Gasteiger partial charge >= 0.3 is 5.97 Å². The zero-order chi connectivity index (χ0) is 20.9. The smallest absolute Gasteiger partial charge is 0.317 e. The predicted octanol–water partition coefficient (Wildman–Crippen LogP) is 6.20. The highest BCUT2D eigenvalue weighted by Gasteiger charge is 2.11. The van der Waals surface area contributed by atoms with Crippen molar-refractivity contribution in [3.05, 3.63) is 0 Å². The highest BCUT2D eigenvalue weighted by molar-refractivity contribution is 5.69. The zero-order valence-electron chi connectivity index (χ0n) is 19.4. The lowest BCUT2D eigenvalue weighted by molar-refractivity contribution is -0.138. The fourth-order valence-corrected chi connectivity index (χ4v) is 3.76. The third kappa shape index (κ3) is 18.7. The molecular formula is C24H50N2O2. The van der Waals surface area contributed by atoms with Gasteiger partial charge in [-0.2, -0.15) is 0 Å². The highest BCUT2D eigenvalue weighted by atomic mass is 16.4. The van der Waals surface area contributed by atoms with Gasteiger partial charge in [-0.25, -0.2) is 0 Å². The van der Waals surface area contributed by atoms with E-state index in [-0.39, 0.29) is 6.54 Å². The molecule has 0 aliphatic rings. The van der Waals surface area contributed by atoms with Crippen molar-refractivity contribution in [2.45, 2.75) is 111 Å². The largest absolute Gasteiger partial charge is 0.480 e. The molecule has 0 aromatic rings. The summed E-state index contributed by atoms with van der Waals surface area (Å²) in [7, 11) is 0. The summed E-state index contributed by atoms with van der Waals surface area (Å²) in [6.07, 6.45) is 18.4. The molecule has 0 aromatic heterocycles. The van der Waals surface area contributed by atoms with Crippen molar-refractivity contribution in [1.82, 2.24) is 9.80 Å². The van der Waals surface area contributed by atoms with Crippen molar-refractivity contribution in [3.8, 4) is 0 Å². The van der Waals surface area contributed by atoms with Gasteiger partial charge in [0.25, 0.3) is 0 Å². The number of unbranched alkanes of at least 4 members (excludes halogenated alkanes) is 12. The first-order valence-electron chi connectivity index (χ1n) is 12.3. The second-order valence-corrected chi connectivity index (χ2v) is 8.35. The summed E-state index contributed by atoms with van der Waals surface area (Å²) in [5, 5.41) is 9.21. The molecule has 0 heterocycles. The molecule has 0 radical (unpaired) electrons. The van der Waals surface area contributed by atoms with E-state index in [1.54, 1.807) is 0 Å². The number of nitrogens with zero attached hydrogens (tertiary/aromatic N) is 2. The Kier molecular flexibility index (Phi) is 20.6. The molecule has 0 saturated heterocycles. The Morgan fingerprint density at radius 2 is 0.964 bits per heavy atom. The lowest BCUT2D eigenvalue weighted by Gasteiger charge is -2.26. The SMILES string of the molecule is CCCCCCCCCN(CC)CCN(CCCCCCCCC)CC(=O)O. The fraction of sp³-hybridized carbons (Fsp3) is 0.958. The lowest BCUT2D eigenvalue weighted by atomic mass is 10.1. The van der Waals surface area contributed by atoms with Crippen LogP contribution < -0.4 is 0 Å². The second kappa shape index (κ2) is 21.1. The summed E-state index contributed by atoms with van der Waals surface area (Å²) >= 11 is 0. The zero-order valence-corrected chi connectivity index (χ0v) is 19.4. The molecule has 4 heteroatoms. The van der Waals surface area contributed by atoms with E-state index in [4.69, 9.17) is 0 Å². The van der Waals surface area contributed by atoms with Crippen LogP contribution in [0.1, 0.15) is 111 Å². The van der Waals surface area contributed by atoms with Gasteiger partial charge in [-0.05, 0) is 32.5 Å². The number of carboxylic acids is 1. The number of hydrogen-bond acceptors (Lipinski definition) is 3. The lowest BCUT2D eigenvalue weighted by Crippen LogP contribution is -2.38. The predicted molar refractivity (Wildman–Crippen MR) is 122 cm³/mol. The van der Waals surface area contributed by atoms with Crippen LogP contribution >= 0.6 is 0 Å². The van der Waals surface area contributed by atoms with Gasteiger partial charge in [-0.3, -0.25) is 9.69 Å². The van der Waals surface area contributed by atoms with Crippen LogP contribution in [0.3, 0.4) is 0 Å².